The molecule has 0 aliphatic carbocycles. The normalized spacial score (nSPS) is 12.5. The van der Waals surface area contributed by atoms with E-state index < -0.39 is 21.3 Å². The highest BCUT2D eigenvalue weighted by Gasteiger charge is 2.20. The Morgan fingerprint density at radius 2 is 1.94 bits per heavy atom. The van der Waals surface area contributed by atoms with Crippen LogP contribution in [0.4, 0.5) is 0 Å². The average molecular weight is 446 g/mol. The molecule has 2 heterocycles. The zero-order valence-corrected chi connectivity index (χ0v) is 18.4. The van der Waals surface area contributed by atoms with Gasteiger partial charge in [-0.05, 0) is 25.1 Å². The van der Waals surface area contributed by atoms with Crippen molar-refractivity contribution < 1.29 is 17.9 Å². The summed E-state index contributed by atoms with van der Waals surface area (Å²) < 4.78 is 31.1. The van der Waals surface area contributed by atoms with Gasteiger partial charge in [0.15, 0.2) is 9.84 Å². The maximum absolute atomic E-state index is 13.0. The summed E-state index contributed by atoms with van der Waals surface area (Å²) in [4.78, 5) is 26.0. The lowest BCUT2D eigenvalue weighted by molar-refractivity contribution is 0.0903. The Balaban J connectivity index is 2.13. The van der Waals surface area contributed by atoms with Crippen LogP contribution >= 0.6 is 0 Å². The number of carbonyl (C=O) groups excluding carboxylic acids is 1. The maximum atomic E-state index is 13.0. The summed E-state index contributed by atoms with van der Waals surface area (Å²) in [7, 11) is -0.147. The predicted octanol–water partition coefficient (Wildman–Crippen LogP) is 0.801. The number of carbonyl (C=O) groups is 1. The van der Waals surface area contributed by atoms with Crippen LogP contribution in [0, 0.1) is 0 Å². The number of sulfone groups is 1. The fourth-order valence-corrected chi connectivity index (χ4v) is 3.59. The Hall–Kier alpha value is -3.31. The zero-order valence-electron chi connectivity index (χ0n) is 17.6. The molecule has 1 amide bonds. The van der Waals surface area contributed by atoms with Gasteiger partial charge in [-0.3, -0.25) is 14.3 Å². The third kappa shape index (κ3) is 5.06. The minimum Gasteiger partial charge on any atom is -0.383 e. The van der Waals surface area contributed by atoms with Gasteiger partial charge in [-0.25, -0.2) is 8.42 Å². The second kappa shape index (κ2) is 8.82. The van der Waals surface area contributed by atoms with Crippen LogP contribution < -0.4 is 10.9 Å². The van der Waals surface area contributed by atoms with E-state index in [1.54, 1.807) is 32.3 Å². The predicted molar refractivity (Wildman–Crippen MR) is 114 cm³/mol. The molecule has 0 fully saturated rings. The van der Waals surface area contributed by atoms with E-state index in [4.69, 9.17) is 4.74 Å². The van der Waals surface area contributed by atoms with Gasteiger partial charge in [-0.1, -0.05) is 12.1 Å². The van der Waals surface area contributed by atoms with Gasteiger partial charge in [-0.2, -0.15) is 14.9 Å². The molecule has 0 aliphatic heterocycles. The van der Waals surface area contributed by atoms with E-state index in [1.165, 1.54) is 36.2 Å². The smallest absolute Gasteiger partial charge is 0.284 e. The summed E-state index contributed by atoms with van der Waals surface area (Å²) in [6.07, 6.45) is 4.17. The lowest BCUT2D eigenvalue weighted by atomic mass is 10.1. The molecule has 0 saturated carbocycles. The molecule has 2 aromatic heterocycles. The van der Waals surface area contributed by atoms with Crippen LogP contribution in [0.2, 0.25) is 0 Å². The number of hydrogen-bond donors (Lipinski definition) is 1. The van der Waals surface area contributed by atoms with Crippen LogP contribution in [0.15, 0.2) is 52.4 Å². The molecule has 3 rings (SSSR count). The van der Waals surface area contributed by atoms with Crippen molar-refractivity contribution in [2.24, 2.45) is 7.05 Å². The number of nitrogens with one attached hydrogen (secondary N) is 1. The summed E-state index contributed by atoms with van der Waals surface area (Å²) in [5.74, 6) is -0.566. The highest BCUT2D eigenvalue weighted by molar-refractivity contribution is 7.90. The number of nitrogens with zero attached hydrogens (tertiary/aromatic N) is 4. The molecule has 0 unspecified atom stereocenters. The molecule has 1 aromatic carbocycles. The van der Waals surface area contributed by atoms with E-state index in [9.17, 15) is 18.0 Å². The van der Waals surface area contributed by atoms with Gasteiger partial charge in [0.25, 0.3) is 11.5 Å². The van der Waals surface area contributed by atoms with Gasteiger partial charge in [0.05, 0.1) is 29.6 Å². The first kappa shape index (κ1) is 22.4. The molecule has 31 heavy (non-hydrogen) atoms. The Morgan fingerprint density at radius 3 is 2.48 bits per heavy atom. The Labute approximate surface area is 179 Å². The number of methoxy groups -OCH3 is 1. The van der Waals surface area contributed by atoms with E-state index in [0.717, 1.165) is 10.9 Å². The van der Waals surface area contributed by atoms with Crippen LogP contribution in [-0.4, -0.2) is 59.9 Å². The number of aryl methyl sites for hydroxylation is 1. The summed E-state index contributed by atoms with van der Waals surface area (Å²) in [5.41, 5.74) is 0.550. The van der Waals surface area contributed by atoms with E-state index in [1.807, 2.05) is 0 Å². The molecule has 1 atom stereocenters. The Kier molecular flexibility index (Phi) is 6.37. The molecule has 0 aliphatic rings. The zero-order chi connectivity index (χ0) is 22.8. The first-order chi connectivity index (χ1) is 14.6. The molecule has 3 aromatic rings. The SMILES string of the molecule is COC[C@H](C)NC(=O)c1cc(-c2ccc(S(C)(=O)=O)cc2)nn(-c2cnn(C)c2)c1=O. The van der Waals surface area contributed by atoms with Crippen LogP contribution in [-0.2, 0) is 21.6 Å². The lowest BCUT2D eigenvalue weighted by Gasteiger charge is -2.14. The highest BCUT2D eigenvalue weighted by atomic mass is 32.2. The van der Waals surface area contributed by atoms with Crippen molar-refractivity contribution in [2.45, 2.75) is 17.9 Å². The lowest BCUT2D eigenvalue weighted by Crippen LogP contribution is -2.39. The molecule has 10 nitrogen and oxygen atoms in total. The monoisotopic (exact) mass is 445 g/mol. The van der Waals surface area contributed by atoms with Crippen molar-refractivity contribution in [3.8, 4) is 16.9 Å². The van der Waals surface area contributed by atoms with E-state index in [0.29, 0.717) is 16.9 Å². The van der Waals surface area contributed by atoms with Crippen LogP contribution in [0.1, 0.15) is 17.3 Å². The molecule has 0 bridgehead atoms. The topological polar surface area (TPSA) is 125 Å². The first-order valence-corrected chi connectivity index (χ1v) is 11.2. The molecule has 0 saturated heterocycles. The summed E-state index contributed by atoms with van der Waals surface area (Å²) >= 11 is 0. The first-order valence-electron chi connectivity index (χ1n) is 9.34. The molecular weight excluding hydrogens is 422 g/mol. The van der Waals surface area contributed by atoms with Gasteiger partial charge in [0.1, 0.15) is 11.3 Å². The minimum atomic E-state index is -3.36. The van der Waals surface area contributed by atoms with Gasteiger partial charge in [0, 0.05) is 32.0 Å². The standard InChI is InChI=1S/C20H23N5O5S/c1-13(12-30-3)22-19(26)17-9-18(14-5-7-16(8-6-14)31(4,28)29)23-25(20(17)27)15-10-21-24(2)11-15/h5-11,13H,12H2,1-4H3,(H,22,26)/t13-/m0/s1. The van der Waals surface area contributed by atoms with Gasteiger partial charge in [-0.15, -0.1) is 0 Å². The fraction of sp³-hybridized carbons (Fsp3) is 0.300. The fourth-order valence-electron chi connectivity index (χ4n) is 2.96. The van der Waals surface area contributed by atoms with Crippen LogP contribution in [0.5, 0.6) is 0 Å². The minimum absolute atomic E-state index is 0.107. The summed E-state index contributed by atoms with van der Waals surface area (Å²) in [5, 5.41) is 11.2. The van der Waals surface area contributed by atoms with Crippen LogP contribution in [0.3, 0.4) is 0 Å². The van der Waals surface area contributed by atoms with E-state index in [-0.39, 0.29) is 23.1 Å². The number of rotatable bonds is 7. The number of benzene rings is 1. The van der Waals surface area contributed by atoms with E-state index in [2.05, 4.69) is 15.5 Å². The largest absolute Gasteiger partial charge is 0.383 e. The highest BCUT2D eigenvalue weighted by Crippen LogP contribution is 2.20. The Bertz CT molecular complexity index is 1260. The maximum Gasteiger partial charge on any atom is 0.284 e. The van der Waals surface area contributed by atoms with Gasteiger partial charge in [0.2, 0.25) is 0 Å². The molecular formula is C20H23N5O5S. The third-order valence-corrected chi connectivity index (χ3v) is 5.59. The molecule has 164 valence electrons. The third-order valence-electron chi connectivity index (χ3n) is 4.46. The molecule has 0 spiro atoms. The van der Waals surface area contributed by atoms with Crippen molar-refractivity contribution >= 4 is 15.7 Å². The van der Waals surface area contributed by atoms with E-state index >= 15 is 0 Å². The summed E-state index contributed by atoms with van der Waals surface area (Å²) in [6.45, 7) is 2.04. The van der Waals surface area contributed by atoms with Gasteiger partial charge >= 0.3 is 0 Å². The van der Waals surface area contributed by atoms with Gasteiger partial charge < -0.3 is 10.1 Å². The van der Waals surface area contributed by atoms with Crippen molar-refractivity contribution in [1.29, 1.82) is 0 Å². The van der Waals surface area contributed by atoms with Crippen molar-refractivity contribution in [3.63, 3.8) is 0 Å². The number of aromatic nitrogens is 4. The second-order valence-electron chi connectivity index (χ2n) is 7.16. The van der Waals surface area contributed by atoms with Crippen LogP contribution in [0.25, 0.3) is 16.9 Å². The Morgan fingerprint density at radius 1 is 1.26 bits per heavy atom. The molecule has 11 heteroatoms. The number of ether oxygens (including phenoxy) is 1. The number of hydrogen-bond acceptors (Lipinski definition) is 7. The second-order valence-corrected chi connectivity index (χ2v) is 9.17. The number of amides is 1. The molecule has 0 radical (unpaired) electrons. The molecule has 1 N–H and O–H groups in total. The van der Waals surface area contributed by atoms with Crippen molar-refractivity contribution in [1.82, 2.24) is 24.9 Å². The van der Waals surface area contributed by atoms with Crippen molar-refractivity contribution in [2.75, 3.05) is 20.0 Å². The average Bonchev–Trinajstić information content (AvgIpc) is 3.13. The summed E-state index contributed by atoms with van der Waals surface area (Å²) in [6, 6.07) is 7.13. The van der Waals surface area contributed by atoms with Crippen molar-refractivity contribution in [3.05, 3.63) is 58.6 Å². The quantitative estimate of drug-likeness (QED) is 0.570.